The lowest BCUT2D eigenvalue weighted by Crippen LogP contribution is -2.44. The fourth-order valence-electron chi connectivity index (χ4n) is 2.13. The maximum absolute atomic E-state index is 13.5. The number of rotatable bonds is 3. The van der Waals surface area contributed by atoms with Crippen LogP contribution in [-0.2, 0) is 9.53 Å². The van der Waals surface area contributed by atoms with E-state index in [1.165, 1.54) is 12.2 Å². The first-order valence-corrected chi connectivity index (χ1v) is 6.15. The second kappa shape index (κ2) is 5.34. The molecule has 1 atom stereocenters. The maximum atomic E-state index is 13.5. The van der Waals surface area contributed by atoms with Gasteiger partial charge in [0.15, 0.2) is 0 Å². The van der Waals surface area contributed by atoms with Gasteiger partial charge in [-0.15, -0.1) is 0 Å². The van der Waals surface area contributed by atoms with E-state index in [0.29, 0.717) is 0 Å². The van der Waals surface area contributed by atoms with E-state index in [9.17, 15) is 13.6 Å². The van der Waals surface area contributed by atoms with Gasteiger partial charge in [0.1, 0.15) is 0 Å². The van der Waals surface area contributed by atoms with Crippen LogP contribution >= 0.6 is 0 Å². The molecular weight excluding hydrogens is 240 g/mol. The largest absolute Gasteiger partial charge is 0.463 e. The minimum atomic E-state index is -2.70. The molecule has 0 aromatic carbocycles. The predicted octanol–water partition coefficient (Wildman–Crippen LogP) is 2.61. The fourth-order valence-corrected chi connectivity index (χ4v) is 2.13. The Morgan fingerprint density at radius 1 is 1.50 bits per heavy atom. The summed E-state index contributed by atoms with van der Waals surface area (Å²) < 4.78 is 31.7. The van der Waals surface area contributed by atoms with Gasteiger partial charge < -0.3 is 4.74 Å². The van der Waals surface area contributed by atoms with Crippen molar-refractivity contribution in [2.45, 2.75) is 51.6 Å². The number of ether oxygens (including phenoxy) is 1. The number of hydrogen-bond acceptors (Lipinski definition) is 3. The fraction of sp³-hybridized carbons (Fsp3) is 0.769. The zero-order chi connectivity index (χ0) is 14.0. The highest BCUT2D eigenvalue weighted by atomic mass is 19.3. The third-order valence-electron chi connectivity index (χ3n) is 2.91. The molecule has 0 N–H and O–H groups in total. The number of nitrogens with zero attached hydrogens (tertiary/aromatic N) is 1. The minimum absolute atomic E-state index is 0.250. The number of esters is 1. The molecular formula is C13H21F2NO2. The molecule has 18 heavy (non-hydrogen) atoms. The van der Waals surface area contributed by atoms with E-state index < -0.39 is 17.9 Å². The number of carbonyl (C=O) groups is 1. The van der Waals surface area contributed by atoms with Crippen molar-refractivity contribution in [2.75, 3.05) is 13.2 Å². The molecule has 1 saturated heterocycles. The summed E-state index contributed by atoms with van der Waals surface area (Å²) in [6.07, 6.45) is 2.51. The molecule has 0 aromatic heterocycles. The average Bonchev–Trinajstić information content (AvgIpc) is 2.51. The first kappa shape index (κ1) is 15.1. The monoisotopic (exact) mass is 261 g/mol. The van der Waals surface area contributed by atoms with Gasteiger partial charge in [0.05, 0.1) is 13.2 Å². The highest BCUT2D eigenvalue weighted by Crippen LogP contribution is 2.36. The van der Waals surface area contributed by atoms with Gasteiger partial charge in [-0.25, -0.2) is 13.6 Å². The quantitative estimate of drug-likeness (QED) is 0.578. The van der Waals surface area contributed by atoms with Gasteiger partial charge in [-0.05, 0) is 27.7 Å². The standard InChI is InChI=1S/C13H21F2NO2/c1-5-18-11(17)7-6-10-8-13(14,15)9-16(10)12(2,3)4/h6-7,10H,5,8-9H2,1-4H3/t10-/m1/s1. The number of halogens is 2. The van der Waals surface area contributed by atoms with Crippen molar-refractivity contribution in [3.05, 3.63) is 12.2 Å². The van der Waals surface area contributed by atoms with E-state index in [0.717, 1.165) is 0 Å². The van der Waals surface area contributed by atoms with Crippen LogP contribution in [0.1, 0.15) is 34.1 Å². The summed E-state index contributed by atoms with van der Waals surface area (Å²) in [5.41, 5.74) is -0.358. The molecule has 104 valence electrons. The molecule has 1 aliphatic heterocycles. The lowest BCUT2D eigenvalue weighted by atomic mass is 10.0. The molecule has 0 spiro atoms. The van der Waals surface area contributed by atoms with E-state index in [1.54, 1.807) is 11.8 Å². The van der Waals surface area contributed by atoms with Gasteiger partial charge in [0.2, 0.25) is 0 Å². The van der Waals surface area contributed by atoms with Crippen molar-refractivity contribution < 1.29 is 18.3 Å². The Kier molecular flexibility index (Phi) is 4.48. The highest BCUT2D eigenvalue weighted by molar-refractivity contribution is 5.82. The number of alkyl halides is 2. The van der Waals surface area contributed by atoms with Crippen molar-refractivity contribution in [3.63, 3.8) is 0 Å². The molecule has 0 aromatic rings. The SMILES string of the molecule is CCOC(=O)C=C[C@@H]1CC(F)(F)CN1C(C)(C)C. The molecule has 0 radical (unpaired) electrons. The Balaban J connectivity index is 2.76. The third-order valence-corrected chi connectivity index (χ3v) is 2.91. The highest BCUT2D eigenvalue weighted by Gasteiger charge is 2.47. The van der Waals surface area contributed by atoms with Crippen LogP contribution in [0.2, 0.25) is 0 Å². The van der Waals surface area contributed by atoms with Gasteiger partial charge in [-0.2, -0.15) is 0 Å². The van der Waals surface area contributed by atoms with Crippen LogP contribution in [0, 0.1) is 0 Å². The van der Waals surface area contributed by atoms with Crippen LogP contribution in [0.25, 0.3) is 0 Å². The smallest absolute Gasteiger partial charge is 0.330 e. The Morgan fingerprint density at radius 2 is 2.11 bits per heavy atom. The van der Waals surface area contributed by atoms with Crippen molar-refractivity contribution >= 4 is 5.97 Å². The molecule has 0 amide bonds. The molecule has 0 bridgehead atoms. The first-order chi connectivity index (χ1) is 8.15. The normalized spacial score (nSPS) is 24.7. The molecule has 0 aliphatic carbocycles. The molecule has 1 heterocycles. The molecule has 0 unspecified atom stereocenters. The van der Waals surface area contributed by atoms with Crippen LogP contribution in [0.15, 0.2) is 12.2 Å². The van der Waals surface area contributed by atoms with Gasteiger partial charge in [-0.1, -0.05) is 6.08 Å². The molecule has 3 nitrogen and oxygen atoms in total. The van der Waals surface area contributed by atoms with Crippen molar-refractivity contribution in [1.29, 1.82) is 0 Å². The lowest BCUT2D eigenvalue weighted by molar-refractivity contribution is -0.137. The number of carbonyl (C=O) groups excluding carboxylic acids is 1. The molecule has 5 heteroatoms. The zero-order valence-electron chi connectivity index (χ0n) is 11.4. The lowest BCUT2D eigenvalue weighted by Gasteiger charge is -2.35. The average molecular weight is 261 g/mol. The predicted molar refractivity (Wildman–Crippen MR) is 65.6 cm³/mol. The van der Waals surface area contributed by atoms with Gasteiger partial charge in [0, 0.05) is 24.1 Å². The van der Waals surface area contributed by atoms with Gasteiger partial charge >= 0.3 is 5.97 Å². The zero-order valence-corrected chi connectivity index (χ0v) is 11.4. The number of hydrogen-bond donors (Lipinski definition) is 0. The topological polar surface area (TPSA) is 29.5 Å². The Bertz CT molecular complexity index is 334. The van der Waals surface area contributed by atoms with E-state index in [2.05, 4.69) is 0 Å². The summed E-state index contributed by atoms with van der Waals surface area (Å²) in [5.74, 6) is -3.18. The van der Waals surface area contributed by atoms with Crippen molar-refractivity contribution in [1.82, 2.24) is 4.90 Å². The molecule has 0 saturated carbocycles. The van der Waals surface area contributed by atoms with E-state index >= 15 is 0 Å². The Morgan fingerprint density at radius 3 is 2.61 bits per heavy atom. The number of likely N-dealkylation sites (tertiary alicyclic amines) is 1. The second-order valence-electron chi connectivity index (χ2n) is 5.54. The Hall–Kier alpha value is -0.970. The van der Waals surface area contributed by atoms with Crippen LogP contribution in [0.3, 0.4) is 0 Å². The van der Waals surface area contributed by atoms with Crippen molar-refractivity contribution in [3.8, 4) is 0 Å². The summed E-state index contributed by atoms with van der Waals surface area (Å²) in [6.45, 7) is 7.39. The summed E-state index contributed by atoms with van der Waals surface area (Å²) in [4.78, 5) is 12.9. The third kappa shape index (κ3) is 4.05. The van der Waals surface area contributed by atoms with Crippen LogP contribution in [0.4, 0.5) is 8.78 Å². The maximum Gasteiger partial charge on any atom is 0.330 e. The molecule has 1 rings (SSSR count). The summed E-state index contributed by atoms with van der Waals surface area (Å²) in [5, 5.41) is 0. The van der Waals surface area contributed by atoms with Gasteiger partial charge in [0.25, 0.3) is 5.92 Å². The van der Waals surface area contributed by atoms with Crippen LogP contribution in [-0.4, -0.2) is 41.5 Å². The van der Waals surface area contributed by atoms with Crippen LogP contribution < -0.4 is 0 Å². The van der Waals surface area contributed by atoms with E-state index in [1.807, 2.05) is 20.8 Å². The van der Waals surface area contributed by atoms with E-state index in [-0.39, 0.29) is 25.1 Å². The molecule has 1 aliphatic rings. The summed E-state index contributed by atoms with van der Waals surface area (Å²) in [6, 6.07) is -0.426. The summed E-state index contributed by atoms with van der Waals surface area (Å²) in [7, 11) is 0. The van der Waals surface area contributed by atoms with Gasteiger partial charge in [-0.3, -0.25) is 4.90 Å². The second-order valence-corrected chi connectivity index (χ2v) is 5.54. The Labute approximate surface area is 107 Å². The first-order valence-electron chi connectivity index (χ1n) is 6.15. The summed E-state index contributed by atoms with van der Waals surface area (Å²) >= 11 is 0. The van der Waals surface area contributed by atoms with E-state index in [4.69, 9.17) is 4.74 Å². The molecule has 1 fully saturated rings. The van der Waals surface area contributed by atoms with Crippen molar-refractivity contribution in [2.24, 2.45) is 0 Å². The van der Waals surface area contributed by atoms with Crippen LogP contribution in [0.5, 0.6) is 0 Å². The minimum Gasteiger partial charge on any atom is -0.463 e.